The minimum atomic E-state index is -3.77. The summed E-state index contributed by atoms with van der Waals surface area (Å²) in [6, 6.07) is 13.0. The van der Waals surface area contributed by atoms with Gasteiger partial charge in [0, 0.05) is 13.1 Å². The van der Waals surface area contributed by atoms with Gasteiger partial charge in [0.05, 0.1) is 36.2 Å². The Hall–Kier alpha value is -3.24. The van der Waals surface area contributed by atoms with Crippen LogP contribution in [-0.4, -0.2) is 79.7 Å². The summed E-state index contributed by atoms with van der Waals surface area (Å²) in [5.74, 6) is 0. The molecule has 13 nitrogen and oxygen atoms in total. The normalized spacial score (nSPS) is 12.0. The summed E-state index contributed by atoms with van der Waals surface area (Å²) >= 11 is 0. The highest BCUT2D eigenvalue weighted by molar-refractivity contribution is 7.87. The summed E-state index contributed by atoms with van der Waals surface area (Å²) in [6.45, 7) is 15.7. The van der Waals surface area contributed by atoms with Crippen LogP contribution in [0.1, 0.15) is 78.4 Å². The van der Waals surface area contributed by atoms with E-state index in [4.69, 9.17) is 22.6 Å². The maximum Gasteiger partial charge on any atom is 0.407 e. The van der Waals surface area contributed by atoms with Gasteiger partial charge in [0.15, 0.2) is 0 Å². The van der Waals surface area contributed by atoms with Gasteiger partial charge in [0.2, 0.25) is 0 Å². The van der Waals surface area contributed by atoms with E-state index in [0.717, 1.165) is 30.4 Å². The topological polar surface area (TPSA) is 173 Å². The zero-order valence-corrected chi connectivity index (χ0v) is 31.6. The molecule has 0 saturated carbocycles. The van der Waals surface area contributed by atoms with E-state index in [1.165, 1.54) is 12.1 Å². The third kappa shape index (κ3) is 21.5. The van der Waals surface area contributed by atoms with Crippen LogP contribution < -0.4 is 10.6 Å². The quantitative estimate of drug-likeness (QED) is 0.144. The number of carbonyl (C=O) groups is 2. The second-order valence-electron chi connectivity index (χ2n) is 13.1. The number of alkyl carbamates (subject to hydrolysis) is 2. The number of nitrogens with one attached hydrogen (secondary N) is 2. The lowest BCUT2D eigenvalue weighted by Gasteiger charge is -2.19. The molecule has 0 unspecified atom stereocenters. The highest BCUT2D eigenvalue weighted by atomic mass is 32.2. The first kappa shape index (κ1) is 43.8. The molecule has 0 atom stereocenters. The van der Waals surface area contributed by atoms with Crippen molar-refractivity contribution >= 4 is 32.4 Å². The number of rotatable bonds is 17. The van der Waals surface area contributed by atoms with E-state index in [2.05, 4.69) is 10.6 Å². The highest BCUT2D eigenvalue weighted by Gasteiger charge is 2.17. The van der Waals surface area contributed by atoms with Crippen LogP contribution in [0.2, 0.25) is 0 Å². The SMILES string of the molecule is Cc1ccc(S(=O)(=O)OCCCCCCNC(=O)OC(C)(C)C)cc1.Cc1ccc(S(=O)(=O)OCCOCCNC(=O)OC(C)(C)C)cc1. The lowest BCUT2D eigenvalue weighted by Crippen LogP contribution is -2.34. The molecule has 2 aromatic carbocycles. The third-order valence-electron chi connectivity index (χ3n) is 5.98. The van der Waals surface area contributed by atoms with E-state index in [9.17, 15) is 26.4 Å². The molecule has 0 fully saturated rings. The molecule has 0 radical (unpaired) electrons. The number of aryl methyl sites for hydroxylation is 2. The number of unbranched alkanes of at least 4 members (excludes halogenated alkanes) is 3. The molecule has 0 spiro atoms. The minimum absolute atomic E-state index is 0.0946. The van der Waals surface area contributed by atoms with Crippen LogP contribution in [0.5, 0.6) is 0 Å². The molecular weight excluding hydrogens is 677 g/mol. The molecule has 15 heteroatoms. The van der Waals surface area contributed by atoms with E-state index in [1.54, 1.807) is 57.2 Å². The average molecular weight is 731 g/mol. The van der Waals surface area contributed by atoms with Crippen LogP contribution in [0.3, 0.4) is 0 Å². The van der Waals surface area contributed by atoms with E-state index >= 15 is 0 Å². The zero-order chi connectivity index (χ0) is 37.1. The van der Waals surface area contributed by atoms with Gasteiger partial charge < -0.3 is 24.8 Å². The Balaban J connectivity index is 0.000000490. The molecule has 2 aromatic rings. The van der Waals surface area contributed by atoms with E-state index < -0.39 is 43.6 Å². The van der Waals surface area contributed by atoms with Crippen LogP contribution >= 0.6 is 0 Å². The standard InChI is InChI=1S/C18H29NO5S.C16H25NO6S/c1-15-9-11-16(12-10-15)25(21,22)23-14-8-6-5-7-13-19-17(20)24-18(2,3)4;1-13-5-7-14(8-6-13)24(19,20)22-12-11-21-10-9-17-15(18)23-16(2,3)4/h9-12H,5-8,13-14H2,1-4H3,(H,19,20);5-8H,9-12H2,1-4H3,(H,17,18). The summed E-state index contributed by atoms with van der Waals surface area (Å²) in [5.41, 5.74) is 0.918. The van der Waals surface area contributed by atoms with Gasteiger partial charge in [0.25, 0.3) is 20.2 Å². The summed E-state index contributed by atoms with van der Waals surface area (Å²) in [4.78, 5) is 23.1. The van der Waals surface area contributed by atoms with Crippen molar-refractivity contribution in [3.63, 3.8) is 0 Å². The number of benzene rings is 2. The molecule has 0 aliphatic rings. The monoisotopic (exact) mass is 730 g/mol. The summed E-state index contributed by atoms with van der Waals surface area (Å²) in [5, 5.41) is 5.22. The molecule has 278 valence electrons. The molecule has 49 heavy (non-hydrogen) atoms. The maximum atomic E-state index is 12.0. The maximum absolute atomic E-state index is 12.0. The van der Waals surface area contributed by atoms with Crippen molar-refractivity contribution in [3.8, 4) is 0 Å². The summed E-state index contributed by atoms with van der Waals surface area (Å²) in [6.07, 6.45) is 2.23. The Kier molecular flexibility index (Phi) is 18.8. The van der Waals surface area contributed by atoms with Crippen LogP contribution in [0, 0.1) is 13.8 Å². The molecule has 0 saturated heterocycles. The van der Waals surface area contributed by atoms with Gasteiger partial charge >= 0.3 is 12.2 Å². The number of hydrogen-bond acceptors (Lipinski definition) is 11. The largest absolute Gasteiger partial charge is 0.444 e. The van der Waals surface area contributed by atoms with Gasteiger partial charge in [-0.1, -0.05) is 48.2 Å². The molecule has 2 N–H and O–H groups in total. The van der Waals surface area contributed by atoms with Gasteiger partial charge in [-0.25, -0.2) is 9.59 Å². The van der Waals surface area contributed by atoms with Gasteiger partial charge in [-0.05, 0) is 92.5 Å². The van der Waals surface area contributed by atoms with Gasteiger partial charge in [-0.3, -0.25) is 8.37 Å². The number of carbonyl (C=O) groups excluding carboxylic acids is 2. The first-order valence-electron chi connectivity index (χ1n) is 16.1. The fourth-order valence-corrected chi connectivity index (χ4v) is 5.48. The van der Waals surface area contributed by atoms with Crippen LogP contribution in [0.4, 0.5) is 9.59 Å². The minimum Gasteiger partial charge on any atom is -0.444 e. The second-order valence-corrected chi connectivity index (χ2v) is 16.3. The van der Waals surface area contributed by atoms with Crippen molar-refractivity contribution in [2.24, 2.45) is 0 Å². The molecule has 2 amide bonds. The molecule has 0 heterocycles. The van der Waals surface area contributed by atoms with Crippen molar-refractivity contribution < 1.29 is 49.0 Å². The smallest absolute Gasteiger partial charge is 0.407 e. The lowest BCUT2D eigenvalue weighted by molar-refractivity contribution is 0.0487. The number of amides is 2. The predicted octanol–water partition coefficient (Wildman–Crippen LogP) is 6.03. The third-order valence-corrected chi connectivity index (χ3v) is 8.63. The fraction of sp³-hybridized carbons (Fsp3) is 0.588. The Labute approximate surface area is 292 Å². The molecular formula is C34H54N2O11S2. The van der Waals surface area contributed by atoms with Gasteiger partial charge in [-0.2, -0.15) is 16.8 Å². The molecule has 0 aliphatic heterocycles. The summed E-state index contributed by atoms with van der Waals surface area (Å²) < 4.78 is 73.1. The number of hydrogen-bond donors (Lipinski definition) is 2. The average Bonchev–Trinajstić information content (AvgIpc) is 2.97. The molecule has 0 aromatic heterocycles. The Morgan fingerprint density at radius 2 is 0.959 bits per heavy atom. The van der Waals surface area contributed by atoms with Gasteiger partial charge in [0.1, 0.15) is 11.2 Å². The summed E-state index contributed by atoms with van der Waals surface area (Å²) in [7, 11) is -7.45. The predicted molar refractivity (Wildman–Crippen MR) is 186 cm³/mol. The van der Waals surface area contributed by atoms with Gasteiger partial charge in [-0.15, -0.1) is 0 Å². The van der Waals surface area contributed by atoms with Crippen molar-refractivity contribution in [3.05, 3.63) is 59.7 Å². The lowest BCUT2D eigenvalue weighted by atomic mass is 10.2. The fourth-order valence-electron chi connectivity index (χ4n) is 3.64. The first-order chi connectivity index (χ1) is 22.7. The Morgan fingerprint density at radius 1 is 0.551 bits per heavy atom. The van der Waals surface area contributed by atoms with Crippen molar-refractivity contribution in [1.82, 2.24) is 10.6 Å². The van der Waals surface area contributed by atoms with Crippen molar-refractivity contribution in [1.29, 1.82) is 0 Å². The van der Waals surface area contributed by atoms with E-state index in [1.807, 2.05) is 34.6 Å². The molecule has 2 rings (SSSR count). The van der Waals surface area contributed by atoms with Crippen LogP contribution in [0.25, 0.3) is 0 Å². The zero-order valence-electron chi connectivity index (χ0n) is 30.0. The second kappa shape index (κ2) is 21.1. The molecule has 0 bridgehead atoms. The first-order valence-corrected chi connectivity index (χ1v) is 19.0. The van der Waals surface area contributed by atoms with Crippen molar-refractivity contribution in [2.45, 2.75) is 102 Å². The highest BCUT2D eigenvalue weighted by Crippen LogP contribution is 2.15. The number of ether oxygens (including phenoxy) is 3. The molecule has 0 aliphatic carbocycles. The van der Waals surface area contributed by atoms with E-state index in [0.29, 0.717) is 13.0 Å². The van der Waals surface area contributed by atoms with Crippen molar-refractivity contribution in [2.75, 3.05) is 39.5 Å². The van der Waals surface area contributed by atoms with Crippen LogP contribution in [-0.2, 0) is 42.8 Å². The van der Waals surface area contributed by atoms with E-state index in [-0.39, 0.29) is 42.8 Å². The van der Waals surface area contributed by atoms with Crippen LogP contribution in [0.15, 0.2) is 58.3 Å². The Morgan fingerprint density at radius 3 is 1.41 bits per heavy atom. The Bertz CT molecular complexity index is 1480.